The molecule has 6 rings (SSSR count). The van der Waals surface area contributed by atoms with Gasteiger partial charge < -0.3 is 19.2 Å². The van der Waals surface area contributed by atoms with Gasteiger partial charge in [-0.1, -0.05) is 22.8 Å². The number of ether oxygens (including phenoxy) is 2. The predicted octanol–water partition coefficient (Wildman–Crippen LogP) is 4.16. The fraction of sp³-hybridized carbons (Fsp3) is 0.286. The summed E-state index contributed by atoms with van der Waals surface area (Å²) in [7, 11) is 0. The zero-order valence-corrected chi connectivity index (χ0v) is 16.8. The molecule has 10 heteroatoms. The molecule has 0 saturated heterocycles. The lowest BCUT2D eigenvalue weighted by molar-refractivity contribution is -0.143. The minimum Gasteiger partial charge on any atom is -0.484 e. The average molecular weight is 448 g/mol. The van der Waals surface area contributed by atoms with Gasteiger partial charge in [-0.2, -0.15) is 0 Å². The summed E-state index contributed by atoms with van der Waals surface area (Å²) < 4.78 is 43.0. The molecule has 3 aliphatic carbocycles. The van der Waals surface area contributed by atoms with Crippen molar-refractivity contribution in [3.05, 3.63) is 65.0 Å². The lowest BCUT2D eigenvalue weighted by Crippen LogP contribution is -2.77. The molecule has 1 aromatic heterocycles. The van der Waals surface area contributed by atoms with Gasteiger partial charge in [0.1, 0.15) is 23.1 Å². The van der Waals surface area contributed by atoms with Crippen molar-refractivity contribution in [3.63, 3.8) is 0 Å². The number of hydrogen-bond donors (Lipinski definition) is 1. The van der Waals surface area contributed by atoms with Crippen molar-refractivity contribution in [2.45, 2.75) is 30.2 Å². The standard InChI is InChI=1S/C21H16ClF2N3O4/c22-15-5-4-13(7-16(15)24)29-8-17(28)25-21-9-20(10-21,11-21)18-26-27-19(31-18)30-14-3-1-2-12(23)6-14/h1-7H,8-11H2,(H,25,28). The Morgan fingerprint density at radius 1 is 1.13 bits per heavy atom. The molecule has 0 radical (unpaired) electrons. The Labute approximate surface area is 180 Å². The third-order valence-corrected chi connectivity index (χ3v) is 5.86. The van der Waals surface area contributed by atoms with Gasteiger partial charge in [-0.25, -0.2) is 8.78 Å². The zero-order valence-electron chi connectivity index (χ0n) is 16.0. The summed E-state index contributed by atoms with van der Waals surface area (Å²) in [5.74, 6) is -0.423. The Morgan fingerprint density at radius 3 is 2.68 bits per heavy atom. The number of halogens is 3. The van der Waals surface area contributed by atoms with E-state index in [1.165, 1.54) is 30.3 Å². The topological polar surface area (TPSA) is 86.5 Å². The van der Waals surface area contributed by atoms with Crippen LogP contribution in [0.2, 0.25) is 5.02 Å². The normalized spacial score (nSPS) is 23.5. The van der Waals surface area contributed by atoms with E-state index in [0.717, 1.165) is 6.07 Å². The molecule has 7 nitrogen and oxygen atoms in total. The number of benzene rings is 2. The van der Waals surface area contributed by atoms with Crippen molar-refractivity contribution in [1.82, 2.24) is 15.5 Å². The molecule has 0 spiro atoms. The Morgan fingerprint density at radius 2 is 1.94 bits per heavy atom. The molecule has 3 fully saturated rings. The van der Waals surface area contributed by atoms with Gasteiger partial charge in [0.25, 0.3) is 5.91 Å². The van der Waals surface area contributed by atoms with Crippen LogP contribution in [0.25, 0.3) is 0 Å². The molecule has 160 valence electrons. The number of hydrogen-bond acceptors (Lipinski definition) is 6. The highest BCUT2D eigenvalue weighted by molar-refractivity contribution is 6.30. The highest BCUT2D eigenvalue weighted by Crippen LogP contribution is 2.67. The first-order valence-corrected chi connectivity index (χ1v) is 9.89. The Bertz CT molecular complexity index is 1150. The van der Waals surface area contributed by atoms with Crippen LogP contribution in [0.15, 0.2) is 46.9 Å². The van der Waals surface area contributed by atoms with Crippen molar-refractivity contribution >= 4 is 17.5 Å². The summed E-state index contributed by atoms with van der Waals surface area (Å²) in [6.07, 6.45) is 1.90. The maximum absolute atomic E-state index is 13.4. The summed E-state index contributed by atoms with van der Waals surface area (Å²) in [6, 6.07) is 9.61. The number of carbonyl (C=O) groups excluding carboxylic acids is 1. The number of carbonyl (C=O) groups is 1. The maximum Gasteiger partial charge on any atom is 0.420 e. The van der Waals surface area contributed by atoms with Crippen molar-refractivity contribution in [1.29, 1.82) is 0 Å². The van der Waals surface area contributed by atoms with E-state index in [9.17, 15) is 13.6 Å². The van der Waals surface area contributed by atoms with Crippen LogP contribution in [0.3, 0.4) is 0 Å². The molecule has 0 aliphatic heterocycles. The Balaban J connectivity index is 1.13. The van der Waals surface area contributed by atoms with Crippen LogP contribution in [0.1, 0.15) is 25.2 Å². The molecular weight excluding hydrogens is 432 g/mol. The lowest BCUT2D eigenvalue weighted by Gasteiger charge is -2.68. The number of nitrogens with zero attached hydrogens (tertiary/aromatic N) is 2. The summed E-state index contributed by atoms with van der Waals surface area (Å²) in [4.78, 5) is 12.2. The molecule has 3 saturated carbocycles. The first kappa shape index (κ1) is 19.7. The predicted molar refractivity (Wildman–Crippen MR) is 104 cm³/mol. The maximum atomic E-state index is 13.4. The van der Waals surface area contributed by atoms with E-state index < -0.39 is 11.6 Å². The molecule has 3 aliphatic rings. The van der Waals surface area contributed by atoms with Gasteiger partial charge in [-0.15, -0.1) is 5.10 Å². The van der Waals surface area contributed by atoms with E-state index in [-0.39, 0.29) is 46.1 Å². The summed E-state index contributed by atoms with van der Waals surface area (Å²) >= 11 is 5.62. The third-order valence-electron chi connectivity index (χ3n) is 5.56. The minimum absolute atomic E-state index is 0.0125. The number of aromatic nitrogens is 2. The molecule has 1 N–H and O–H groups in total. The van der Waals surface area contributed by atoms with Gasteiger partial charge in [0.2, 0.25) is 5.89 Å². The lowest BCUT2D eigenvalue weighted by atomic mass is 9.39. The van der Waals surface area contributed by atoms with Crippen molar-refractivity contribution in [3.8, 4) is 17.6 Å². The zero-order chi connectivity index (χ0) is 21.6. The molecule has 2 bridgehead atoms. The Kier molecular flexibility index (Phi) is 4.58. The van der Waals surface area contributed by atoms with Crippen LogP contribution in [0.5, 0.6) is 17.6 Å². The molecule has 0 atom stereocenters. The average Bonchev–Trinajstić information content (AvgIpc) is 3.12. The molecule has 1 heterocycles. The van der Waals surface area contributed by atoms with Crippen LogP contribution in [0, 0.1) is 11.6 Å². The fourth-order valence-corrected chi connectivity index (χ4v) is 4.41. The van der Waals surface area contributed by atoms with Gasteiger partial charge in [0.15, 0.2) is 6.61 Å². The molecule has 2 aromatic carbocycles. The van der Waals surface area contributed by atoms with Gasteiger partial charge in [0, 0.05) is 17.7 Å². The Hall–Kier alpha value is -3.20. The second kappa shape index (κ2) is 7.19. The molecule has 3 aromatic rings. The SMILES string of the molecule is O=C(COc1ccc(Cl)c(F)c1)NC12CC(c3nnc(Oc4cccc(F)c4)o3)(C1)C2. The van der Waals surface area contributed by atoms with Gasteiger partial charge in [-0.3, -0.25) is 4.79 Å². The van der Waals surface area contributed by atoms with E-state index in [4.69, 9.17) is 25.5 Å². The first-order chi connectivity index (χ1) is 14.8. The molecule has 0 unspecified atom stereocenters. The van der Waals surface area contributed by atoms with Crippen LogP contribution in [-0.4, -0.2) is 28.3 Å². The summed E-state index contributed by atoms with van der Waals surface area (Å²) in [5.41, 5.74) is -0.617. The second-order valence-electron chi connectivity index (χ2n) is 7.94. The monoisotopic (exact) mass is 447 g/mol. The molecule has 31 heavy (non-hydrogen) atoms. The summed E-state index contributed by atoms with van der Waals surface area (Å²) in [6.45, 7) is -0.234. The second-order valence-corrected chi connectivity index (χ2v) is 8.34. The van der Waals surface area contributed by atoms with Crippen molar-refractivity contribution < 1.29 is 27.5 Å². The molecule has 1 amide bonds. The third kappa shape index (κ3) is 3.69. The highest BCUT2D eigenvalue weighted by atomic mass is 35.5. The van der Waals surface area contributed by atoms with E-state index >= 15 is 0 Å². The van der Waals surface area contributed by atoms with E-state index in [2.05, 4.69) is 15.5 Å². The van der Waals surface area contributed by atoms with E-state index in [1.807, 2.05) is 0 Å². The van der Waals surface area contributed by atoms with Crippen LogP contribution >= 0.6 is 11.6 Å². The number of nitrogens with one attached hydrogen (secondary N) is 1. The first-order valence-electron chi connectivity index (χ1n) is 9.51. The van der Waals surface area contributed by atoms with Crippen LogP contribution < -0.4 is 14.8 Å². The quantitative estimate of drug-likeness (QED) is 0.585. The largest absolute Gasteiger partial charge is 0.484 e. The summed E-state index contributed by atoms with van der Waals surface area (Å²) in [5, 5.41) is 10.9. The van der Waals surface area contributed by atoms with Crippen LogP contribution in [0.4, 0.5) is 8.78 Å². The van der Waals surface area contributed by atoms with E-state index in [0.29, 0.717) is 25.2 Å². The van der Waals surface area contributed by atoms with Gasteiger partial charge in [0.05, 0.1) is 10.4 Å². The van der Waals surface area contributed by atoms with E-state index in [1.54, 1.807) is 6.07 Å². The minimum atomic E-state index is -0.610. The van der Waals surface area contributed by atoms with Crippen molar-refractivity contribution in [2.24, 2.45) is 0 Å². The highest BCUT2D eigenvalue weighted by Gasteiger charge is 2.71. The molecular formula is C21H16ClF2N3O4. The number of amides is 1. The number of rotatable bonds is 7. The smallest absolute Gasteiger partial charge is 0.420 e. The van der Waals surface area contributed by atoms with Crippen molar-refractivity contribution in [2.75, 3.05) is 6.61 Å². The van der Waals surface area contributed by atoms with Crippen LogP contribution in [-0.2, 0) is 10.2 Å². The fourth-order valence-electron chi connectivity index (χ4n) is 4.29. The van der Waals surface area contributed by atoms with Gasteiger partial charge >= 0.3 is 6.08 Å². The van der Waals surface area contributed by atoms with Gasteiger partial charge in [-0.05, 0) is 43.5 Å².